The van der Waals surface area contributed by atoms with Gasteiger partial charge >= 0.3 is 5.97 Å². The average molecular weight is 207 g/mol. The van der Waals surface area contributed by atoms with Crippen molar-refractivity contribution in [1.82, 2.24) is 4.98 Å². The van der Waals surface area contributed by atoms with Crippen molar-refractivity contribution >= 4 is 5.97 Å². The highest BCUT2D eigenvalue weighted by Gasteiger charge is 2.20. The van der Waals surface area contributed by atoms with Crippen LogP contribution in [0.15, 0.2) is 12.3 Å². The number of aromatic amines is 1. The van der Waals surface area contributed by atoms with Crippen LogP contribution in [-0.2, 0) is 0 Å². The van der Waals surface area contributed by atoms with Crippen molar-refractivity contribution in [2.24, 2.45) is 0 Å². The van der Waals surface area contributed by atoms with Gasteiger partial charge in [-0.15, -0.1) is 0 Å². The summed E-state index contributed by atoms with van der Waals surface area (Å²) in [5.74, 6) is -0.385. The second-order valence-corrected chi connectivity index (χ2v) is 4.30. The van der Waals surface area contributed by atoms with Gasteiger partial charge in [0, 0.05) is 6.20 Å². The first-order chi connectivity index (χ1) is 7.29. The Morgan fingerprint density at radius 2 is 1.93 bits per heavy atom. The summed E-state index contributed by atoms with van der Waals surface area (Å²) in [6, 6.07) is 1.93. The summed E-state index contributed by atoms with van der Waals surface area (Å²) >= 11 is 0. The minimum absolute atomic E-state index is 0.391. The van der Waals surface area contributed by atoms with Crippen LogP contribution in [0.1, 0.15) is 60.5 Å². The summed E-state index contributed by atoms with van der Waals surface area (Å²) in [6.07, 6.45) is 9.07. The van der Waals surface area contributed by atoms with Gasteiger partial charge in [-0.25, -0.2) is 4.79 Å². The molecule has 2 rings (SSSR count). The maximum absolute atomic E-state index is 11.0. The lowest BCUT2D eigenvalue weighted by Gasteiger charge is -2.13. The summed E-state index contributed by atoms with van der Waals surface area (Å²) < 4.78 is 0. The Bertz CT molecular complexity index is 335. The molecule has 1 aliphatic carbocycles. The lowest BCUT2D eigenvalue weighted by Crippen LogP contribution is -2.05. The van der Waals surface area contributed by atoms with Crippen molar-refractivity contribution < 1.29 is 9.90 Å². The standard InChI is InChI=1S/C12H17NO2/c14-12(15)11-10(7-8-13-11)9-5-3-1-2-4-6-9/h7-9,13H,1-6H2,(H,14,15). The Morgan fingerprint density at radius 3 is 2.53 bits per heavy atom. The van der Waals surface area contributed by atoms with E-state index < -0.39 is 5.97 Å². The van der Waals surface area contributed by atoms with E-state index in [0.29, 0.717) is 11.6 Å². The molecule has 1 aromatic heterocycles. The molecule has 0 aromatic carbocycles. The molecular weight excluding hydrogens is 190 g/mol. The second-order valence-electron chi connectivity index (χ2n) is 4.30. The van der Waals surface area contributed by atoms with E-state index in [1.807, 2.05) is 6.07 Å². The van der Waals surface area contributed by atoms with Gasteiger partial charge in [0.25, 0.3) is 0 Å². The summed E-state index contributed by atoms with van der Waals surface area (Å²) in [5.41, 5.74) is 1.39. The molecule has 0 amide bonds. The quantitative estimate of drug-likeness (QED) is 0.732. The summed E-state index contributed by atoms with van der Waals surface area (Å²) in [5, 5.41) is 9.02. The Labute approximate surface area is 89.5 Å². The number of aromatic nitrogens is 1. The van der Waals surface area contributed by atoms with Crippen LogP contribution in [0.2, 0.25) is 0 Å². The predicted octanol–water partition coefficient (Wildman–Crippen LogP) is 3.15. The van der Waals surface area contributed by atoms with E-state index >= 15 is 0 Å². The molecule has 3 nitrogen and oxygen atoms in total. The number of rotatable bonds is 2. The van der Waals surface area contributed by atoms with Crippen LogP contribution in [-0.4, -0.2) is 16.1 Å². The first-order valence-electron chi connectivity index (χ1n) is 5.69. The van der Waals surface area contributed by atoms with Gasteiger partial charge in [-0.2, -0.15) is 0 Å². The topological polar surface area (TPSA) is 53.1 Å². The number of H-pyrrole nitrogens is 1. The van der Waals surface area contributed by atoms with Crippen molar-refractivity contribution in [2.45, 2.75) is 44.4 Å². The highest BCUT2D eigenvalue weighted by atomic mass is 16.4. The van der Waals surface area contributed by atoms with Gasteiger partial charge in [0.2, 0.25) is 0 Å². The molecule has 0 bridgehead atoms. The van der Waals surface area contributed by atoms with Crippen LogP contribution in [0.3, 0.4) is 0 Å². The number of carbonyl (C=O) groups is 1. The van der Waals surface area contributed by atoms with Crippen molar-refractivity contribution in [1.29, 1.82) is 0 Å². The number of nitrogens with one attached hydrogen (secondary N) is 1. The van der Waals surface area contributed by atoms with E-state index in [1.165, 1.54) is 25.7 Å². The molecule has 1 fully saturated rings. The van der Waals surface area contributed by atoms with Crippen LogP contribution in [0.25, 0.3) is 0 Å². The van der Waals surface area contributed by atoms with E-state index in [4.69, 9.17) is 5.11 Å². The summed E-state index contributed by atoms with van der Waals surface area (Å²) in [7, 11) is 0. The number of hydrogen-bond donors (Lipinski definition) is 2. The number of aromatic carboxylic acids is 1. The molecule has 1 saturated carbocycles. The molecular formula is C12H17NO2. The average Bonchev–Trinajstić information content (AvgIpc) is 2.55. The van der Waals surface area contributed by atoms with Crippen LogP contribution in [0.4, 0.5) is 0 Å². The highest BCUT2D eigenvalue weighted by molar-refractivity contribution is 5.87. The molecule has 0 atom stereocenters. The SMILES string of the molecule is O=C(O)c1[nH]ccc1C1CCCCCC1. The maximum Gasteiger partial charge on any atom is 0.352 e. The van der Waals surface area contributed by atoms with Gasteiger partial charge < -0.3 is 10.1 Å². The first-order valence-corrected chi connectivity index (χ1v) is 5.69. The van der Waals surface area contributed by atoms with Gasteiger partial charge in [0.1, 0.15) is 5.69 Å². The van der Waals surface area contributed by atoms with Crippen LogP contribution >= 0.6 is 0 Å². The number of hydrogen-bond acceptors (Lipinski definition) is 1. The van der Waals surface area contributed by atoms with E-state index in [9.17, 15) is 4.79 Å². The third-order valence-electron chi connectivity index (χ3n) is 3.29. The fourth-order valence-corrected chi connectivity index (χ4v) is 2.50. The molecule has 0 spiro atoms. The largest absolute Gasteiger partial charge is 0.477 e. The molecule has 82 valence electrons. The van der Waals surface area contributed by atoms with E-state index in [0.717, 1.165) is 18.4 Å². The molecule has 1 aliphatic rings. The van der Waals surface area contributed by atoms with Gasteiger partial charge in [-0.1, -0.05) is 25.7 Å². The number of carboxylic acids is 1. The van der Waals surface area contributed by atoms with E-state index in [-0.39, 0.29) is 0 Å². The van der Waals surface area contributed by atoms with Gasteiger partial charge in [-0.05, 0) is 30.4 Å². The van der Waals surface area contributed by atoms with Gasteiger partial charge in [-0.3, -0.25) is 0 Å². The smallest absolute Gasteiger partial charge is 0.352 e. The van der Waals surface area contributed by atoms with E-state index in [2.05, 4.69) is 4.98 Å². The minimum Gasteiger partial charge on any atom is -0.477 e. The van der Waals surface area contributed by atoms with E-state index in [1.54, 1.807) is 6.20 Å². The normalized spacial score (nSPS) is 18.7. The van der Waals surface area contributed by atoms with Crippen molar-refractivity contribution in [2.75, 3.05) is 0 Å². The molecule has 1 aromatic rings. The van der Waals surface area contributed by atoms with Gasteiger partial charge in [0.05, 0.1) is 0 Å². The Hall–Kier alpha value is -1.25. The predicted molar refractivity (Wildman–Crippen MR) is 58.2 cm³/mol. The molecule has 15 heavy (non-hydrogen) atoms. The fraction of sp³-hybridized carbons (Fsp3) is 0.583. The molecule has 0 aliphatic heterocycles. The molecule has 3 heteroatoms. The monoisotopic (exact) mass is 207 g/mol. The summed E-state index contributed by atoms with van der Waals surface area (Å²) in [6.45, 7) is 0. The first kappa shape index (κ1) is 10.3. The third kappa shape index (κ3) is 2.22. The van der Waals surface area contributed by atoms with Crippen LogP contribution in [0.5, 0.6) is 0 Å². The number of carboxylic acid groups (broad SMARTS) is 1. The van der Waals surface area contributed by atoms with Crippen LogP contribution in [0, 0.1) is 0 Å². The maximum atomic E-state index is 11.0. The zero-order valence-electron chi connectivity index (χ0n) is 8.83. The molecule has 0 radical (unpaired) electrons. The Morgan fingerprint density at radius 1 is 1.27 bits per heavy atom. The third-order valence-corrected chi connectivity index (χ3v) is 3.29. The zero-order valence-corrected chi connectivity index (χ0v) is 8.83. The Balaban J connectivity index is 2.19. The molecule has 2 N–H and O–H groups in total. The zero-order chi connectivity index (χ0) is 10.7. The second kappa shape index (κ2) is 4.51. The van der Waals surface area contributed by atoms with Gasteiger partial charge in [0.15, 0.2) is 0 Å². The minimum atomic E-state index is -0.834. The van der Waals surface area contributed by atoms with Crippen molar-refractivity contribution in [3.05, 3.63) is 23.5 Å². The molecule has 1 heterocycles. The van der Waals surface area contributed by atoms with Crippen LogP contribution < -0.4 is 0 Å². The summed E-state index contributed by atoms with van der Waals surface area (Å²) in [4.78, 5) is 13.8. The lowest BCUT2D eigenvalue weighted by atomic mass is 9.92. The van der Waals surface area contributed by atoms with Crippen molar-refractivity contribution in [3.8, 4) is 0 Å². The Kier molecular flexibility index (Phi) is 3.09. The fourth-order valence-electron chi connectivity index (χ4n) is 2.50. The molecule has 0 unspecified atom stereocenters. The molecule has 0 saturated heterocycles. The lowest BCUT2D eigenvalue weighted by molar-refractivity contribution is 0.0689. The highest BCUT2D eigenvalue weighted by Crippen LogP contribution is 2.33. The van der Waals surface area contributed by atoms with Crippen molar-refractivity contribution in [3.63, 3.8) is 0 Å².